The summed E-state index contributed by atoms with van der Waals surface area (Å²) in [7, 11) is 1.60. The third-order valence-electron chi connectivity index (χ3n) is 4.01. The Kier molecular flexibility index (Phi) is 5.92. The van der Waals surface area contributed by atoms with Crippen LogP contribution in [0.15, 0.2) is 27.9 Å². The van der Waals surface area contributed by atoms with Gasteiger partial charge in [-0.1, -0.05) is 19.1 Å². The molecule has 1 saturated heterocycles. The van der Waals surface area contributed by atoms with Crippen molar-refractivity contribution in [1.29, 1.82) is 0 Å². The first-order chi connectivity index (χ1) is 11.0. The third kappa shape index (κ3) is 3.80. The van der Waals surface area contributed by atoms with Crippen molar-refractivity contribution < 1.29 is 14.2 Å². The van der Waals surface area contributed by atoms with Gasteiger partial charge in [0.2, 0.25) is 0 Å². The number of methoxy groups -OCH3 is 1. The van der Waals surface area contributed by atoms with Crippen molar-refractivity contribution in [2.45, 2.75) is 39.2 Å². The molecule has 2 rings (SSSR count). The molecule has 0 aliphatic carbocycles. The summed E-state index contributed by atoms with van der Waals surface area (Å²) in [4.78, 5) is 26.0. The Hall–Kier alpha value is -1.70. The fraction of sp³-hybridized carbons (Fsp3) is 0.625. The largest absolute Gasteiger partial charge is 0.382 e. The first-order valence-corrected chi connectivity index (χ1v) is 7.70. The second-order valence-electron chi connectivity index (χ2n) is 5.68. The highest BCUT2D eigenvalue weighted by Gasteiger charge is 2.43. The maximum absolute atomic E-state index is 12.2. The first kappa shape index (κ1) is 17.7. The van der Waals surface area contributed by atoms with Gasteiger partial charge in [0, 0.05) is 24.8 Å². The molecule has 1 aliphatic rings. The van der Waals surface area contributed by atoms with E-state index >= 15 is 0 Å². The van der Waals surface area contributed by atoms with Gasteiger partial charge in [0.15, 0.2) is 6.23 Å². The SMILES string of the molecule is C/C=C/[C@H]1O[C@@H](n2cc(C)c(=O)[nH]c2=O)[C@H](OCCOC)[C@@H]1C. The molecule has 2 heterocycles. The van der Waals surface area contributed by atoms with Gasteiger partial charge in [-0.2, -0.15) is 0 Å². The fourth-order valence-electron chi connectivity index (χ4n) is 2.72. The number of H-pyrrole nitrogens is 1. The van der Waals surface area contributed by atoms with E-state index in [0.29, 0.717) is 18.8 Å². The lowest BCUT2D eigenvalue weighted by molar-refractivity contribution is -0.0700. The summed E-state index contributed by atoms with van der Waals surface area (Å²) in [6.45, 7) is 6.46. The van der Waals surface area contributed by atoms with Gasteiger partial charge in [-0.3, -0.25) is 14.3 Å². The van der Waals surface area contributed by atoms with Crippen molar-refractivity contribution in [2.75, 3.05) is 20.3 Å². The van der Waals surface area contributed by atoms with Gasteiger partial charge in [0.1, 0.15) is 6.10 Å². The molecule has 7 heteroatoms. The minimum atomic E-state index is -0.592. The number of allylic oxidation sites excluding steroid dienone is 1. The Morgan fingerprint density at radius 1 is 1.39 bits per heavy atom. The van der Waals surface area contributed by atoms with Gasteiger partial charge in [0.25, 0.3) is 5.56 Å². The van der Waals surface area contributed by atoms with Crippen LogP contribution in [-0.2, 0) is 14.2 Å². The predicted molar refractivity (Wildman–Crippen MR) is 85.6 cm³/mol. The summed E-state index contributed by atoms with van der Waals surface area (Å²) in [6, 6.07) is 0. The van der Waals surface area contributed by atoms with Crippen molar-refractivity contribution in [2.24, 2.45) is 5.92 Å². The summed E-state index contributed by atoms with van der Waals surface area (Å²) in [5, 5.41) is 0. The van der Waals surface area contributed by atoms with Crippen LogP contribution in [0.1, 0.15) is 25.6 Å². The monoisotopic (exact) mass is 324 g/mol. The van der Waals surface area contributed by atoms with Crippen molar-refractivity contribution in [3.8, 4) is 0 Å². The number of nitrogens with one attached hydrogen (secondary N) is 1. The van der Waals surface area contributed by atoms with Crippen molar-refractivity contribution in [3.05, 3.63) is 44.8 Å². The van der Waals surface area contributed by atoms with E-state index in [1.807, 2.05) is 26.0 Å². The van der Waals surface area contributed by atoms with Gasteiger partial charge in [-0.05, 0) is 13.8 Å². The molecule has 1 N–H and O–H groups in total. The summed E-state index contributed by atoms with van der Waals surface area (Å²) in [5.41, 5.74) is -0.440. The molecule has 23 heavy (non-hydrogen) atoms. The second-order valence-corrected chi connectivity index (χ2v) is 5.68. The Labute approximate surface area is 134 Å². The van der Waals surface area contributed by atoms with Gasteiger partial charge in [0.05, 0.1) is 19.3 Å². The van der Waals surface area contributed by atoms with E-state index in [-0.39, 0.29) is 23.7 Å². The molecule has 0 bridgehead atoms. The Balaban J connectivity index is 2.34. The molecule has 1 fully saturated rings. The second kappa shape index (κ2) is 7.72. The van der Waals surface area contributed by atoms with E-state index in [0.717, 1.165) is 0 Å². The van der Waals surface area contributed by atoms with Crippen LogP contribution in [0.25, 0.3) is 0 Å². The topological polar surface area (TPSA) is 82.6 Å². The highest BCUT2D eigenvalue weighted by molar-refractivity contribution is 5.04. The summed E-state index contributed by atoms with van der Waals surface area (Å²) < 4.78 is 18.3. The van der Waals surface area contributed by atoms with Crippen molar-refractivity contribution in [1.82, 2.24) is 9.55 Å². The number of hydrogen-bond acceptors (Lipinski definition) is 5. The first-order valence-electron chi connectivity index (χ1n) is 7.70. The predicted octanol–water partition coefficient (Wildman–Crippen LogP) is 0.986. The van der Waals surface area contributed by atoms with Gasteiger partial charge >= 0.3 is 5.69 Å². The minimum Gasteiger partial charge on any atom is -0.382 e. The molecule has 0 unspecified atom stereocenters. The normalized spacial score (nSPS) is 27.8. The lowest BCUT2D eigenvalue weighted by atomic mass is 10.00. The maximum Gasteiger partial charge on any atom is 0.330 e. The zero-order valence-electron chi connectivity index (χ0n) is 13.9. The van der Waals surface area contributed by atoms with Crippen molar-refractivity contribution in [3.63, 3.8) is 0 Å². The molecule has 1 aliphatic heterocycles. The van der Waals surface area contributed by atoms with Crippen LogP contribution in [-0.4, -0.2) is 42.1 Å². The molecule has 0 spiro atoms. The van der Waals surface area contributed by atoms with Gasteiger partial charge < -0.3 is 14.2 Å². The van der Waals surface area contributed by atoms with E-state index in [1.165, 1.54) is 10.8 Å². The van der Waals surface area contributed by atoms with Crippen LogP contribution in [0.2, 0.25) is 0 Å². The Morgan fingerprint density at radius 2 is 2.13 bits per heavy atom. The molecular formula is C16H24N2O5. The smallest absolute Gasteiger partial charge is 0.330 e. The van der Waals surface area contributed by atoms with Crippen LogP contribution in [0.3, 0.4) is 0 Å². The zero-order chi connectivity index (χ0) is 17.0. The van der Waals surface area contributed by atoms with E-state index in [1.54, 1.807) is 14.0 Å². The van der Waals surface area contributed by atoms with Crippen LogP contribution >= 0.6 is 0 Å². The van der Waals surface area contributed by atoms with Crippen LogP contribution < -0.4 is 11.2 Å². The fourth-order valence-corrected chi connectivity index (χ4v) is 2.72. The molecule has 0 saturated carbocycles. The minimum absolute atomic E-state index is 0.0622. The summed E-state index contributed by atoms with van der Waals surface area (Å²) >= 11 is 0. The molecule has 1 aromatic heterocycles. The zero-order valence-corrected chi connectivity index (χ0v) is 13.9. The lowest BCUT2D eigenvalue weighted by Crippen LogP contribution is -2.38. The molecule has 4 atom stereocenters. The third-order valence-corrected chi connectivity index (χ3v) is 4.01. The highest BCUT2D eigenvalue weighted by atomic mass is 16.6. The molecule has 0 aromatic carbocycles. The number of aromatic amines is 1. The average molecular weight is 324 g/mol. The molecule has 0 radical (unpaired) electrons. The quantitative estimate of drug-likeness (QED) is 0.623. The van der Waals surface area contributed by atoms with Gasteiger partial charge in [-0.25, -0.2) is 4.79 Å². The highest BCUT2D eigenvalue weighted by Crippen LogP contribution is 2.35. The lowest BCUT2D eigenvalue weighted by Gasteiger charge is -2.23. The Bertz CT molecular complexity index is 663. The molecule has 0 amide bonds. The van der Waals surface area contributed by atoms with Crippen LogP contribution in [0.4, 0.5) is 0 Å². The Morgan fingerprint density at radius 3 is 2.78 bits per heavy atom. The number of rotatable bonds is 6. The average Bonchev–Trinajstić information content (AvgIpc) is 2.81. The van der Waals surface area contributed by atoms with E-state index in [4.69, 9.17) is 14.2 Å². The standard InChI is InChI=1S/C16H24N2O5/c1-5-6-12-11(3)13(22-8-7-21-4)15(23-12)18-9-10(2)14(19)17-16(18)20/h5-6,9,11-13,15H,7-8H2,1-4H3,(H,17,19,20)/b6-5+/t11-,12-,13-,15-/m1/s1. The number of aromatic nitrogens is 2. The number of ether oxygens (including phenoxy) is 3. The molecule has 7 nitrogen and oxygen atoms in total. The summed E-state index contributed by atoms with van der Waals surface area (Å²) in [6.07, 6.45) is 4.32. The number of nitrogens with zero attached hydrogens (tertiary/aromatic N) is 1. The number of aryl methyl sites for hydroxylation is 1. The van der Waals surface area contributed by atoms with E-state index in [2.05, 4.69) is 4.98 Å². The van der Waals surface area contributed by atoms with Crippen molar-refractivity contribution >= 4 is 0 Å². The van der Waals surface area contributed by atoms with Gasteiger partial charge in [-0.15, -0.1) is 0 Å². The van der Waals surface area contributed by atoms with E-state index in [9.17, 15) is 9.59 Å². The molecule has 128 valence electrons. The van der Waals surface area contributed by atoms with Crippen LogP contribution in [0.5, 0.6) is 0 Å². The maximum atomic E-state index is 12.2. The van der Waals surface area contributed by atoms with E-state index < -0.39 is 11.9 Å². The number of hydrogen-bond donors (Lipinski definition) is 1. The van der Waals surface area contributed by atoms with Crippen LogP contribution in [0, 0.1) is 12.8 Å². The molecule has 1 aromatic rings. The molecular weight excluding hydrogens is 300 g/mol. The summed E-state index contributed by atoms with van der Waals surface area (Å²) in [5.74, 6) is 0.0622.